The number of carboxylic acids is 1. The molecule has 0 radical (unpaired) electrons. The highest BCUT2D eigenvalue weighted by Gasteiger charge is 2.21. The number of benzene rings is 1. The van der Waals surface area contributed by atoms with Crippen LogP contribution in [0.2, 0.25) is 0 Å². The van der Waals surface area contributed by atoms with E-state index in [1.165, 1.54) is 4.90 Å². The van der Waals surface area contributed by atoms with E-state index in [9.17, 15) is 14.4 Å². The van der Waals surface area contributed by atoms with Crippen LogP contribution in [-0.4, -0.2) is 47.4 Å². The average Bonchev–Trinajstić information content (AvgIpc) is 2.56. The van der Waals surface area contributed by atoms with Gasteiger partial charge in [0.2, 0.25) is 5.91 Å². The zero-order chi connectivity index (χ0) is 17.4. The number of hydrogen-bond acceptors (Lipinski definition) is 3. The van der Waals surface area contributed by atoms with Crippen molar-refractivity contribution in [3.63, 3.8) is 0 Å². The van der Waals surface area contributed by atoms with Gasteiger partial charge in [-0.1, -0.05) is 19.1 Å². The first-order chi connectivity index (χ1) is 10.9. The molecule has 1 rings (SSSR count). The number of amides is 2. The van der Waals surface area contributed by atoms with Crippen LogP contribution in [0, 0.1) is 0 Å². The number of nitrogens with one attached hydrogen (secondary N) is 1. The van der Waals surface area contributed by atoms with Crippen LogP contribution in [0.5, 0.6) is 0 Å². The molecule has 2 N–H and O–H groups in total. The third-order valence-corrected chi connectivity index (χ3v) is 3.79. The highest BCUT2D eigenvalue weighted by molar-refractivity contribution is 5.94. The summed E-state index contributed by atoms with van der Waals surface area (Å²) in [6.45, 7) is 3.47. The third-order valence-electron chi connectivity index (χ3n) is 3.79. The molecule has 2 amide bonds. The van der Waals surface area contributed by atoms with Crippen molar-refractivity contribution >= 4 is 17.8 Å². The van der Waals surface area contributed by atoms with Crippen molar-refractivity contribution in [1.29, 1.82) is 0 Å². The number of carbonyl (C=O) groups excluding carboxylic acids is 2. The van der Waals surface area contributed by atoms with E-state index in [1.54, 1.807) is 25.2 Å². The molecule has 23 heavy (non-hydrogen) atoms. The molecule has 0 aliphatic carbocycles. The number of carbonyl (C=O) groups is 3. The first-order valence-corrected chi connectivity index (χ1v) is 7.71. The molecule has 0 heterocycles. The summed E-state index contributed by atoms with van der Waals surface area (Å²) in [6, 6.07) is 6.96. The molecule has 1 unspecified atom stereocenters. The minimum Gasteiger partial charge on any atom is -0.480 e. The molecule has 0 aromatic heterocycles. The van der Waals surface area contributed by atoms with E-state index in [1.807, 2.05) is 19.9 Å². The van der Waals surface area contributed by atoms with Crippen LogP contribution in [0.25, 0.3) is 0 Å². The molecule has 6 nitrogen and oxygen atoms in total. The summed E-state index contributed by atoms with van der Waals surface area (Å²) in [6.07, 6.45) is 1.39. The second-order valence-corrected chi connectivity index (χ2v) is 5.45. The van der Waals surface area contributed by atoms with Crippen molar-refractivity contribution < 1.29 is 19.5 Å². The normalized spacial score (nSPS) is 11.6. The summed E-state index contributed by atoms with van der Waals surface area (Å²) in [4.78, 5) is 36.2. The third kappa shape index (κ3) is 5.73. The standard InChI is InChI=1S/C17H24N2O4/c1-4-12(2)19(11-16(21)22)15(20)9-8-13-6-5-7-14(10-13)17(23)18-3/h5-7,10,12H,4,8-9,11H2,1-3H3,(H,18,23)(H,21,22). The van der Waals surface area contributed by atoms with Crippen LogP contribution in [-0.2, 0) is 16.0 Å². The van der Waals surface area contributed by atoms with Crippen LogP contribution >= 0.6 is 0 Å². The van der Waals surface area contributed by atoms with Crippen molar-refractivity contribution in [2.24, 2.45) is 0 Å². The molecule has 0 bridgehead atoms. The molecule has 1 aromatic rings. The molecule has 126 valence electrons. The maximum absolute atomic E-state index is 12.3. The largest absolute Gasteiger partial charge is 0.480 e. The van der Waals surface area contributed by atoms with Gasteiger partial charge in [0.05, 0.1) is 0 Å². The van der Waals surface area contributed by atoms with Gasteiger partial charge in [0.25, 0.3) is 5.91 Å². The van der Waals surface area contributed by atoms with Crippen molar-refractivity contribution in [3.05, 3.63) is 35.4 Å². The second-order valence-electron chi connectivity index (χ2n) is 5.45. The summed E-state index contributed by atoms with van der Waals surface area (Å²) < 4.78 is 0. The Labute approximate surface area is 136 Å². The lowest BCUT2D eigenvalue weighted by Crippen LogP contribution is -2.41. The van der Waals surface area contributed by atoms with E-state index in [0.717, 1.165) is 5.56 Å². The van der Waals surface area contributed by atoms with Gasteiger partial charge in [-0.25, -0.2) is 0 Å². The van der Waals surface area contributed by atoms with E-state index in [2.05, 4.69) is 5.32 Å². The fourth-order valence-corrected chi connectivity index (χ4v) is 2.26. The Morgan fingerprint density at radius 2 is 2.00 bits per heavy atom. The van der Waals surface area contributed by atoms with E-state index < -0.39 is 5.97 Å². The van der Waals surface area contributed by atoms with Crippen molar-refractivity contribution in [1.82, 2.24) is 10.2 Å². The molecular formula is C17H24N2O4. The molecule has 1 aromatic carbocycles. The number of carboxylic acid groups (broad SMARTS) is 1. The lowest BCUT2D eigenvalue weighted by molar-refractivity contribution is -0.146. The van der Waals surface area contributed by atoms with Gasteiger partial charge in [-0.15, -0.1) is 0 Å². The summed E-state index contributed by atoms with van der Waals surface area (Å²) in [7, 11) is 1.56. The summed E-state index contributed by atoms with van der Waals surface area (Å²) in [5.41, 5.74) is 1.42. The number of aliphatic carboxylic acids is 1. The first-order valence-electron chi connectivity index (χ1n) is 7.71. The minimum atomic E-state index is -1.01. The van der Waals surface area contributed by atoms with E-state index in [4.69, 9.17) is 5.11 Å². The fraction of sp³-hybridized carbons (Fsp3) is 0.471. The predicted molar refractivity (Wildman–Crippen MR) is 87.3 cm³/mol. The molecule has 0 saturated heterocycles. The number of rotatable bonds is 8. The van der Waals surface area contributed by atoms with Gasteiger partial charge in [0.15, 0.2) is 0 Å². The molecule has 1 atom stereocenters. The Balaban J connectivity index is 2.73. The van der Waals surface area contributed by atoms with E-state index in [0.29, 0.717) is 18.4 Å². The quantitative estimate of drug-likeness (QED) is 0.763. The van der Waals surface area contributed by atoms with Gasteiger partial charge in [-0.3, -0.25) is 14.4 Å². The van der Waals surface area contributed by atoms with Gasteiger partial charge in [-0.2, -0.15) is 0 Å². The topological polar surface area (TPSA) is 86.7 Å². The Kier molecular flexibility index (Phi) is 7.25. The van der Waals surface area contributed by atoms with E-state index in [-0.39, 0.29) is 30.8 Å². The summed E-state index contributed by atoms with van der Waals surface area (Å²) >= 11 is 0. The SMILES string of the molecule is CCC(C)N(CC(=O)O)C(=O)CCc1cccc(C(=O)NC)c1. The maximum atomic E-state index is 12.3. The molecule has 0 saturated carbocycles. The summed E-state index contributed by atoms with van der Waals surface area (Å²) in [5.74, 6) is -1.38. The Morgan fingerprint density at radius 1 is 1.30 bits per heavy atom. The number of hydrogen-bond donors (Lipinski definition) is 2. The molecule has 0 aliphatic heterocycles. The van der Waals surface area contributed by atoms with Crippen LogP contribution in [0.4, 0.5) is 0 Å². The van der Waals surface area contributed by atoms with Crippen LogP contribution in [0.1, 0.15) is 42.6 Å². The van der Waals surface area contributed by atoms with Gasteiger partial charge in [0.1, 0.15) is 6.54 Å². The highest BCUT2D eigenvalue weighted by atomic mass is 16.4. The zero-order valence-corrected chi connectivity index (χ0v) is 13.8. The van der Waals surface area contributed by atoms with E-state index >= 15 is 0 Å². The smallest absolute Gasteiger partial charge is 0.323 e. The summed E-state index contributed by atoms with van der Waals surface area (Å²) in [5, 5.41) is 11.5. The fourth-order valence-electron chi connectivity index (χ4n) is 2.26. The Hall–Kier alpha value is -2.37. The van der Waals surface area contributed by atoms with Crippen molar-refractivity contribution in [2.45, 2.75) is 39.2 Å². The lowest BCUT2D eigenvalue weighted by Gasteiger charge is -2.27. The first kappa shape index (κ1) is 18.7. The average molecular weight is 320 g/mol. The molecule has 0 fully saturated rings. The van der Waals surface area contributed by atoms with Gasteiger partial charge in [0, 0.05) is 25.1 Å². The van der Waals surface area contributed by atoms with Gasteiger partial charge >= 0.3 is 5.97 Å². The van der Waals surface area contributed by atoms with Crippen molar-refractivity contribution in [3.8, 4) is 0 Å². The lowest BCUT2D eigenvalue weighted by atomic mass is 10.0. The van der Waals surface area contributed by atoms with Gasteiger partial charge in [-0.05, 0) is 37.5 Å². The zero-order valence-electron chi connectivity index (χ0n) is 13.8. The highest BCUT2D eigenvalue weighted by Crippen LogP contribution is 2.11. The predicted octanol–water partition coefficient (Wildman–Crippen LogP) is 1.69. The molecule has 0 aliphatic rings. The minimum absolute atomic E-state index is 0.115. The van der Waals surface area contributed by atoms with Crippen molar-refractivity contribution in [2.75, 3.05) is 13.6 Å². The van der Waals surface area contributed by atoms with Crippen LogP contribution < -0.4 is 5.32 Å². The molecular weight excluding hydrogens is 296 g/mol. The van der Waals surface area contributed by atoms with Gasteiger partial charge < -0.3 is 15.3 Å². The second kappa shape index (κ2) is 8.92. The number of nitrogens with zero attached hydrogens (tertiary/aromatic N) is 1. The van der Waals surface area contributed by atoms with Crippen LogP contribution in [0.15, 0.2) is 24.3 Å². The Morgan fingerprint density at radius 3 is 2.57 bits per heavy atom. The number of aryl methyl sites for hydroxylation is 1. The van der Waals surface area contributed by atoms with Crippen LogP contribution in [0.3, 0.4) is 0 Å². The molecule has 0 spiro atoms. The maximum Gasteiger partial charge on any atom is 0.323 e. The molecule has 6 heteroatoms. The monoisotopic (exact) mass is 320 g/mol. The Bertz CT molecular complexity index is 571.